The number of nitrogens with zero attached hydrogens (tertiary/aromatic N) is 1. The number of pyridine rings is 1. The molecule has 2 aromatic rings. The largest absolute Gasteiger partial charge is 0.380 e. The molecule has 104 valence electrons. The van der Waals surface area contributed by atoms with Crippen molar-refractivity contribution in [2.75, 3.05) is 5.32 Å². The zero-order chi connectivity index (χ0) is 14.1. The van der Waals surface area contributed by atoms with Crippen LogP contribution in [0.4, 0.5) is 5.69 Å². The fourth-order valence-electron chi connectivity index (χ4n) is 2.91. The molecule has 0 saturated heterocycles. The van der Waals surface area contributed by atoms with Crippen molar-refractivity contribution in [1.29, 1.82) is 0 Å². The van der Waals surface area contributed by atoms with E-state index >= 15 is 0 Å². The smallest absolute Gasteiger partial charge is 0.152 e. The van der Waals surface area contributed by atoms with Gasteiger partial charge in [-0.15, -0.1) is 0 Å². The maximum atomic E-state index is 6.13. The first kappa shape index (κ1) is 13.4. The quantitative estimate of drug-likeness (QED) is 0.827. The first-order valence-electron chi connectivity index (χ1n) is 7.07. The minimum absolute atomic E-state index is 0.501. The van der Waals surface area contributed by atoms with Crippen LogP contribution in [0.25, 0.3) is 0 Å². The highest BCUT2D eigenvalue weighted by Crippen LogP contribution is 2.40. The van der Waals surface area contributed by atoms with Crippen molar-refractivity contribution in [3.63, 3.8) is 0 Å². The van der Waals surface area contributed by atoms with E-state index in [4.69, 9.17) is 11.6 Å². The molecule has 1 aliphatic rings. The van der Waals surface area contributed by atoms with E-state index in [9.17, 15) is 0 Å². The second kappa shape index (κ2) is 5.45. The van der Waals surface area contributed by atoms with Crippen molar-refractivity contribution in [2.45, 2.75) is 38.6 Å². The molecule has 0 aliphatic heterocycles. The van der Waals surface area contributed by atoms with Gasteiger partial charge in [0.05, 0.1) is 5.69 Å². The van der Waals surface area contributed by atoms with Crippen molar-refractivity contribution < 1.29 is 0 Å². The fourth-order valence-corrected chi connectivity index (χ4v) is 3.07. The predicted octanol–water partition coefficient (Wildman–Crippen LogP) is 4.71. The standard InChI is InChI=1S/C17H19ClN2/c1-11-7-16(17(18)19-10-11)20-14-8-13(9-14)15-6-4-3-5-12(15)2/h3-7,10,13-14,20H,8-9H2,1-2H3. The van der Waals surface area contributed by atoms with Crippen LogP contribution in [0.3, 0.4) is 0 Å². The third kappa shape index (κ3) is 2.66. The summed E-state index contributed by atoms with van der Waals surface area (Å²) in [4.78, 5) is 4.18. The molecule has 20 heavy (non-hydrogen) atoms. The summed E-state index contributed by atoms with van der Waals surface area (Å²) in [6, 6.07) is 11.2. The number of halogens is 1. The lowest BCUT2D eigenvalue weighted by Crippen LogP contribution is -2.34. The van der Waals surface area contributed by atoms with Gasteiger partial charge in [0.2, 0.25) is 0 Å². The van der Waals surface area contributed by atoms with E-state index in [1.54, 1.807) is 6.20 Å². The van der Waals surface area contributed by atoms with E-state index in [-0.39, 0.29) is 0 Å². The average Bonchev–Trinajstić information content (AvgIpc) is 2.38. The van der Waals surface area contributed by atoms with Crippen LogP contribution < -0.4 is 5.32 Å². The van der Waals surface area contributed by atoms with Crippen LogP contribution >= 0.6 is 11.6 Å². The summed E-state index contributed by atoms with van der Waals surface area (Å²) < 4.78 is 0. The Hall–Kier alpha value is -1.54. The van der Waals surface area contributed by atoms with Crippen LogP contribution in [0.1, 0.15) is 35.4 Å². The van der Waals surface area contributed by atoms with Crippen LogP contribution in [0.2, 0.25) is 5.15 Å². The molecular weight excluding hydrogens is 268 g/mol. The van der Waals surface area contributed by atoms with Gasteiger partial charge in [0, 0.05) is 12.2 Å². The number of hydrogen-bond donors (Lipinski definition) is 1. The molecule has 1 N–H and O–H groups in total. The molecule has 3 heteroatoms. The maximum absolute atomic E-state index is 6.13. The highest BCUT2D eigenvalue weighted by molar-refractivity contribution is 6.32. The Bertz CT molecular complexity index is 618. The van der Waals surface area contributed by atoms with Gasteiger partial charge in [-0.3, -0.25) is 0 Å². The van der Waals surface area contributed by atoms with Gasteiger partial charge in [0.25, 0.3) is 0 Å². The molecule has 0 spiro atoms. The first-order valence-corrected chi connectivity index (χ1v) is 7.45. The van der Waals surface area contributed by atoms with Crippen molar-refractivity contribution in [1.82, 2.24) is 4.98 Å². The normalized spacial score (nSPS) is 21.4. The Kier molecular flexibility index (Phi) is 3.66. The molecule has 1 aliphatic carbocycles. The molecule has 2 nitrogen and oxygen atoms in total. The van der Waals surface area contributed by atoms with Gasteiger partial charge in [0.15, 0.2) is 5.15 Å². The van der Waals surface area contributed by atoms with Gasteiger partial charge in [0.1, 0.15) is 0 Å². The third-order valence-corrected chi connectivity index (χ3v) is 4.40. The molecular formula is C17H19ClN2. The van der Waals surface area contributed by atoms with Gasteiger partial charge >= 0.3 is 0 Å². The van der Waals surface area contributed by atoms with Crippen LogP contribution in [0.15, 0.2) is 36.5 Å². The highest BCUT2D eigenvalue weighted by Gasteiger charge is 2.31. The summed E-state index contributed by atoms with van der Waals surface area (Å²) in [6.07, 6.45) is 4.12. The Morgan fingerprint density at radius 2 is 1.95 bits per heavy atom. The van der Waals surface area contributed by atoms with Crippen molar-refractivity contribution in [3.05, 3.63) is 58.4 Å². The summed E-state index contributed by atoms with van der Waals surface area (Å²) in [6.45, 7) is 4.23. The first-order chi connectivity index (χ1) is 9.63. The van der Waals surface area contributed by atoms with E-state index in [1.807, 2.05) is 6.92 Å². The average molecular weight is 287 g/mol. The zero-order valence-corrected chi connectivity index (χ0v) is 12.6. The zero-order valence-electron chi connectivity index (χ0n) is 11.9. The lowest BCUT2D eigenvalue weighted by Gasteiger charge is -2.37. The summed E-state index contributed by atoms with van der Waals surface area (Å²) in [5.74, 6) is 0.672. The number of aromatic nitrogens is 1. The molecule has 1 aromatic carbocycles. The minimum atomic E-state index is 0.501. The van der Waals surface area contributed by atoms with Gasteiger partial charge in [-0.05, 0) is 55.4 Å². The lowest BCUT2D eigenvalue weighted by atomic mass is 9.74. The molecule has 0 bridgehead atoms. The SMILES string of the molecule is Cc1cnc(Cl)c(NC2CC(c3ccccc3C)C2)c1. The Morgan fingerprint density at radius 1 is 1.20 bits per heavy atom. The Morgan fingerprint density at radius 3 is 2.70 bits per heavy atom. The monoisotopic (exact) mass is 286 g/mol. The topological polar surface area (TPSA) is 24.9 Å². The predicted molar refractivity (Wildman–Crippen MR) is 84.5 cm³/mol. The molecule has 1 fully saturated rings. The third-order valence-electron chi connectivity index (χ3n) is 4.10. The van der Waals surface area contributed by atoms with Crippen LogP contribution in [-0.2, 0) is 0 Å². The summed E-state index contributed by atoms with van der Waals surface area (Å²) in [5, 5.41) is 4.08. The van der Waals surface area contributed by atoms with Crippen LogP contribution in [0, 0.1) is 13.8 Å². The van der Waals surface area contributed by atoms with Gasteiger partial charge in [-0.2, -0.15) is 0 Å². The minimum Gasteiger partial charge on any atom is -0.380 e. The Balaban J connectivity index is 1.64. The number of benzene rings is 1. The van der Waals surface area contributed by atoms with E-state index in [0.29, 0.717) is 17.1 Å². The van der Waals surface area contributed by atoms with E-state index in [2.05, 4.69) is 47.6 Å². The molecule has 1 heterocycles. The summed E-state index contributed by atoms with van der Waals surface area (Å²) in [7, 11) is 0. The van der Waals surface area contributed by atoms with Crippen molar-refractivity contribution in [2.24, 2.45) is 0 Å². The number of nitrogens with one attached hydrogen (secondary N) is 1. The Labute approximate surface area is 125 Å². The molecule has 0 amide bonds. The maximum Gasteiger partial charge on any atom is 0.152 e. The van der Waals surface area contributed by atoms with E-state index < -0.39 is 0 Å². The number of rotatable bonds is 3. The van der Waals surface area contributed by atoms with E-state index in [1.165, 1.54) is 11.1 Å². The second-order valence-electron chi connectivity index (χ2n) is 5.72. The number of hydrogen-bond acceptors (Lipinski definition) is 2. The summed E-state index contributed by atoms with van der Waals surface area (Å²) in [5.41, 5.74) is 4.97. The molecule has 3 rings (SSSR count). The van der Waals surface area contributed by atoms with Crippen LogP contribution in [-0.4, -0.2) is 11.0 Å². The number of aryl methyl sites for hydroxylation is 2. The number of anilines is 1. The van der Waals surface area contributed by atoms with Crippen LogP contribution in [0.5, 0.6) is 0 Å². The van der Waals surface area contributed by atoms with E-state index in [0.717, 1.165) is 24.1 Å². The van der Waals surface area contributed by atoms with Crippen molar-refractivity contribution in [3.8, 4) is 0 Å². The summed E-state index contributed by atoms with van der Waals surface area (Å²) >= 11 is 6.13. The fraction of sp³-hybridized carbons (Fsp3) is 0.353. The molecule has 1 aromatic heterocycles. The highest BCUT2D eigenvalue weighted by atomic mass is 35.5. The molecule has 0 unspecified atom stereocenters. The van der Waals surface area contributed by atoms with Crippen molar-refractivity contribution >= 4 is 17.3 Å². The molecule has 1 saturated carbocycles. The second-order valence-corrected chi connectivity index (χ2v) is 6.08. The van der Waals surface area contributed by atoms with Gasteiger partial charge in [-0.1, -0.05) is 35.9 Å². The van der Waals surface area contributed by atoms with Gasteiger partial charge < -0.3 is 5.32 Å². The lowest BCUT2D eigenvalue weighted by molar-refractivity contribution is 0.373. The van der Waals surface area contributed by atoms with Gasteiger partial charge in [-0.25, -0.2) is 4.98 Å². The molecule has 0 radical (unpaired) electrons. The molecule has 0 atom stereocenters.